The third kappa shape index (κ3) is 32.5. The number of hydrogen-bond acceptors (Lipinski definition) is 21. The molecule has 27 nitrogen and oxygen atoms in total. The zero-order valence-electron chi connectivity index (χ0n) is 64.3. The number of carboxylic acid groups (broad SMARTS) is 1. The maximum absolute atomic E-state index is 13.6. The first kappa shape index (κ1) is 101. The van der Waals surface area contributed by atoms with E-state index in [9.17, 15) is 63.9 Å². The van der Waals surface area contributed by atoms with Crippen LogP contribution in [0.4, 0.5) is 21.0 Å². The van der Waals surface area contributed by atoms with Crippen LogP contribution in [-0.2, 0) is 63.6 Å². The van der Waals surface area contributed by atoms with Gasteiger partial charge in [0.25, 0.3) is 11.8 Å². The average Bonchev–Trinajstić information content (AvgIpc) is 0.801. The van der Waals surface area contributed by atoms with Crippen LogP contribution in [0, 0.1) is 23.7 Å². The van der Waals surface area contributed by atoms with Crippen LogP contribution in [-0.4, -0.2) is 169 Å². The number of aromatic hydroxyl groups is 2. The van der Waals surface area contributed by atoms with Crippen molar-refractivity contribution in [3.05, 3.63) is 131 Å². The number of ether oxygens (including phenoxy) is 6. The molecule has 1 aliphatic carbocycles. The highest BCUT2D eigenvalue weighted by Gasteiger charge is 2.35. The van der Waals surface area contributed by atoms with E-state index >= 15 is 0 Å². The highest BCUT2D eigenvalue weighted by molar-refractivity contribution is 6.65. The molecular formula is C76H119Cl3N8O19. The highest BCUT2D eigenvalue weighted by Crippen LogP contribution is 2.41. The molecule has 12 atom stereocenters. The summed E-state index contributed by atoms with van der Waals surface area (Å²) in [6.07, 6.45) is 14.5. The minimum Gasteiger partial charge on any atom is -1.00 e. The summed E-state index contributed by atoms with van der Waals surface area (Å²) in [5, 5.41) is 64.6. The number of carbonyl (C=O) groups excluding carboxylic acids is 8. The summed E-state index contributed by atoms with van der Waals surface area (Å²) in [6.45, 7) is 29.7. The summed E-state index contributed by atoms with van der Waals surface area (Å²) in [5.74, 6) is -4.32. The Labute approximate surface area is 642 Å². The number of hydrogen-bond donors (Lipinski definition) is 12. The largest absolute Gasteiger partial charge is 1.00 e. The molecule has 1 aromatic carbocycles. The summed E-state index contributed by atoms with van der Waals surface area (Å²) in [5.41, 5.74) is 21.4. The molecular weight excluding hydrogens is 1440 g/mol. The van der Waals surface area contributed by atoms with Crippen LogP contribution in [0.15, 0.2) is 125 Å². The van der Waals surface area contributed by atoms with Crippen LogP contribution in [0.5, 0.6) is 11.5 Å². The molecule has 0 saturated carbocycles. The number of fused-ring (bicyclic) bond motifs is 4. The summed E-state index contributed by atoms with van der Waals surface area (Å²) in [4.78, 5) is 96.9. The summed E-state index contributed by atoms with van der Waals surface area (Å²) >= 11 is 5.22. The van der Waals surface area contributed by atoms with Crippen LogP contribution in [0.25, 0.3) is 0 Å². The standard InChI is InChI=1S/C32H47N3O8.C32H45N3O8.C6H12ClNO.C6H13NO2.2ClH/c2*1-8-12-34-28-23-13-18(2)14-27(42-7)29(37)21(5)15-20(4)26(43-32(33)40)16-22(41-6)11-9-10-19(3)31(39)35-24(30(23)38)17-25(28)36;1-3-6(8,4-2)5(7)9;1-3-6(7,4-2)5(8)9;;/h8-11,15,17-18,21-22,26-27,29,34,36-38H,1,12-14,16H2,2-7H3,(H2,33,40)(H,35,39);8-11,15,17-18,21-22,26-27,29,34,37H,1,12-14,16H2,2-7H3,(H2,33,40)(H,35,39);3-4,8H2,1-2H3;3-4,7H2,1-2H3,(H,8,9);2*1H/b2*11-9-,19-10+,20-15+;;;;/t2*18-,21+,22+,26-,27+,29-;;;;/m11..../s1. The van der Waals surface area contributed by atoms with Gasteiger partial charge in [-0.15, -0.1) is 19.0 Å². The molecule has 30 heteroatoms. The van der Waals surface area contributed by atoms with Crippen molar-refractivity contribution >= 4 is 82.2 Å². The summed E-state index contributed by atoms with van der Waals surface area (Å²) in [7, 11) is 6.02. The summed E-state index contributed by atoms with van der Waals surface area (Å²) < 4.78 is 33.2. The molecule has 0 spiro atoms. The van der Waals surface area contributed by atoms with E-state index in [1.807, 2.05) is 47.6 Å². The number of amides is 4. The third-order valence-corrected chi connectivity index (χ3v) is 19.0. The first-order valence-corrected chi connectivity index (χ1v) is 35.2. The zero-order valence-corrected chi connectivity index (χ0v) is 66.7. The van der Waals surface area contributed by atoms with Gasteiger partial charge in [0.05, 0.1) is 71.4 Å². The number of nitrogens with one attached hydrogen (secondary N) is 3. The average molecular weight is 1560 g/mol. The molecule has 4 rings (SSSR count). The molecule has 0 unspecified atom stereocenters. The smallest absolute Gasteiger partial charge is 0.405 e. The van der Waals surface area contributed by atoms with E-state index in [-0.39, 0.29) is 108 Å². The van der Waals surface area contributed by atoms with Gasteiger partial charge < -0.3 is 115 Å². The molecule has 2 aliphatic heterocycles. The molecule has 0 saturated heterocycles. The second-order valence-electron chi connectivity index (χ2n) is 26.5. The number of ketones is 2. The Morgan fingerprint density at radius 3 is 1.53 bits per heavy atom. The van der Waals surface area contributed by atoms with Crippen molar-refractivity contribution < 1.29 is 116 Å². The lowest BCUT2D eigenvalue weighted by atomic mass is 9.85. The second kappa shape index (κ2) is 50.2. The molecule has 1 aromatic rings. The normalized spacial score (nSPS) is 26.6. The molecule has 0 radical (unpaired) electrons. The van der Waals surface area contributed by atoms with Gasteiger partial charge >= 0.3 is 12.2 Å². The van der Waals surface area contributed by atoms with Gasteiger partial charge in [-0.2, -0.15) is 0 Å². The van der Waals surface area contributed by atoms with Crippen molar-refractivity contribution in [3.8, 4) is 11.5 Å². The van der Waals surface area contributed by atoms with Crippen molar-refractivity contribution in [2.75, 3.05) is 46.8 Å². The molecule has 4 bridgehead atoms. The Balaban J connectivity index is 0. The molecule has 0 fully saturated rings. The van der Waals surface area contributed by atoms with Gasteiger partial charge in [-0.1, -0.05) is 117 Å². The van der Waals surface area contributed by atoms with Crippen LogP contribution in [0.1, 0.15) is 146 Å². The van der Waals surface area contributed by atoms with Gasteiger partial charge in [-0.05, 0) is 107 Å². The van der Waals surface area contributed by atoms with Crippen molar-refractivity contribution in [1.82, 2.24) is 10.6 Å². The highest BCUT2D eigenvalue weighted by atomic mass is 35.5. The molecule has 2 heterocycles. The number of methoxy groups -OCH3 is 4. The summed E-state index contributed by atoms with van der Waals surface area (Å²) in [6, 6.07) is 1.32. The van der Waals surface area contributed by atoms with Crippen LogP contribution >= 0.6 is 24.0 Å². The second-order valence-corrected chi connectivity index (χ2v) is 26.8. The molecule has 598 valence electrons. The van der Waals surface area contributed by atoms with Gasteiger partial charge in [0.2, 0.25) is 16.8 Å². The molecule has 106 heavy (non-hydrogen) atoms. The Morgan fingerprint density at radius 2 is 1.17 bits per heavy atom. The van der Waals surface area contributed by atoms with E-state index in [0.717, 1.165) is 6.08 Å². The zero-order chi connectivity index (χ0) is 79.5. The van der Waals surface area contributed by atoms with Crippen molar-refractivity contribution in [2.45, 2.75) is 207 Å². The molecule has 0 aromatic heterocycles. The van der Waals surface area contributed by atoms with Crippen LogP contribution in [0.2, 0.25) is 0 Å². The number of nitrogens with two attached hydrogens (primary N) is 4. The van der Waals surface area contributed by atoms with E-state index in [2.05, 4.69) is 34.8 Å². The minimum absolute atomic E-state index is 0. The van der Waals surface area contributed by atoms with Gasteiger partial charge in [0.1, 0.15) is 29.5 Å². The maximum Gasteiger partial charge on any atom is 0.405 e. The predicted molar refractivity (Wildman–Crippen MR) is 404 cm³/mol. The fraction of sp³-hybridized carbons (Fsp3) is 0.553. The lowest BCUT2D eigenvalue weighted by Gasteiger charge is -2.29. The predicted octanol–water partition coefficient (Wildman–Crippen LogP) is 3.49. The fourth-order valence-electron chi connectivity index (χ4n) is 11.3. The van der Waals surface area contributed by atoms with Crippen LogP contribution in [0.3, 0.4) is 0 Å². The fourth-order valence-corrected chi connectivity index (χ4v) is 11.6. The maximum atomic E-state index is 13.6. The first-order chi connectivity index (χ1) is 48.8. The third-order valence-electron chi connectivity index (χ3n) is 18.6. The number of Topliss-reactive ketones (excluding diaryl/α,β-unsaturated/α-hetero) is 1. The SMILES string of the molecule is C=CCNC1=C2C[C@@H](C)C[C@H](OC)[C@H](O)[C@@H](C)/C=C(\C)[C@H](OC(N)=O)C[C@@H](OC)/C=C\C=C(/C)C(=O)NC(=CC1=O)C2=O.C=CC[NH2+]c1c(O)cc2c(O)c1C[C@@H](C)C[C@H](OC)[C@H](O)[C@@H](C)/C=C(\C)[C@H](OC(N)=O)C[C@@H](OC)/C=C\C=C(/C)C(=O)N2.CCC(N)(CC)C(=O)Cl.CCC([NH3+])(CC)C(=O)[O-].Cl.[Cl-]. The first-order valence-electron chi connectivity index (χ1n) is 34.8. The van der Waals surface area contributed by atoms with E-state index in [0.29, 0.717) is 79.5 Å². The number of carboxylic acids is 1. The topological polar surface area (TPSA) is 454 Å². The Morgan fingerprint density at radius 1 is 0.726 bits per heavy atom. The number of quaternary nitrogens is 2. The number of aliphatic hydroxyl groups excluding tert-OH is 2. The lowest BCUT2D eigenvalue weighted by Crippen LogP contribution is -3.00. The quantitative estimate of drug-likeness (QED) is 0.0250. The Kier molecular flexibility index (Phi) is 47.6. The Hall–Kier alpha value is -7.51. The minimum atomic E-state index is -1.05. The van der Waals surface area contributed by atoms with E-state index < -0.39 is 113 Å². The number of rotatable bonds is 18. The number of allylic oxidation sites excluding steroid dienone is 6. The van der Waals surface area contributed by atoms with E-state index in [1.54, 1.807) is 102 Å². The molecule has 18 N–H and O–H groups in total. The van der Waals surface area contributed by atoms with Crippen LogP contribution < -0.4 is 61.7 Å². The number of halogens is 3. The lowest BCUT2D eigenvalue weighted by molar-refractivity contribution is -0.562. The van der Waals surface area contributed by atoms with E-state index in [1.165, 1.54) is 34.5 Å². The van der Waals surface area contributed by atoms with Crippen molar-refractivity contribution in [2.24, 2.45) is 40.9 Å². The van der Waals surface area contributed by atoms with Gasteiger partial charge in [0.15, 0.2) is 11.4 Å². The number of benzene rings is 1. The number of primary amides is 2. The number of carbonyl (C=O) groups is 8. The number of phenolic OH excluding ortho intramolecular Hbond substituents is 2. The number of phenols is 2. The van der Waals surface area contributed by atoms with Gasteiger partial charge in [-0.25, -0.2) is 9.59 Å². The van der Waals surface area contributed by atoms with Gasteiger partial charge in [-0.3, -0.25) is 24.0 Å². The van der Waals surface area contributed by atoms with E-state index in [4.69, 9.17) is 57.2 Å². The number of anilines is 1. The monoisotopic (exact) mass is 1550 g/mol. The van der Waals surface area contributed by atoms with Crippen molar-refractivity contribution in [1.29, 1.82) is 0 Å². The van der Waals surface area contributed by atoms with Gasteiger partial charge in [0, 0.05) is 101 Å². The number of aliphatic carboxylic acids is 1. The molecule has 4 amide bonds. The Bertz CT molecular complexity index is 3330. The molecule has 3 aliphatic rings. The number of aliphatic hydroxyl groups is 2. The van der Waals surface area contributed by atoms with Crippen molar-refractivity contribution in [3.63, 3.8) is 0 Å².